The van der Waals surface area contributed by atoms with Gasteiger partial charge in [-0.05, 0) is 43.2 Å². The minimum absolute atomic E-state index is 0.400. The Labute approximate surface area is 141 Å². The summed E-state index contributed by atoms with van der Waals surface area (Å²) in [5.74, 6) is 0. The van der Waals surface area contributed by atoms with Gasteiger partial charge in [-0.15, -0.1) is 0 Å². The average molecular weight is 325 g/mol. The van der Waals surface area contributed by atoms with Gasteiger partial charge in [0.1, 0.15) is 0 Å². The first-order valence-electron chi connectivity index (χ1n) is 8.42. The van der Waals surface area contributed by atoms with E-state index in [0.29, 0.717) is 19.1 Å². The molecule has 0 bridgehead atoms. The van der Waals surface area contributed by atoms with E-state index in [1.165, 1.54) is 11.1 Å². The first-order chi connectivity index (χ1) is 11.6. The van der Waals surface area contributed by atoms with E-state index in [1.807, 2.05) is 29.5 Å². The van der Waals surface area contributed by atoms with E-state index < -0.39 is 6.10 Å². The van der Waals surface area contributed by atoms with Gasteiger partial charge in [0.25, 0.3) is 0 Å². The third-order valence-electron chi connectivity index (χ3n) is 4.95. The number of hydrogen-bond donors (Lipinski definition) is 1. The predicted octanol–water partition coefficient (Wildman–Crippen LogP) is 1.77. The molecule has 0 amide bonds. The topological polar surface area (TPSA) is 59.1 Å². The lowest BCUT2D eigenvalue weighted by atomic mass is 10.1. The van der Waals surface area contributed by atoms with E-state index >= 15 is 0 Å². The van der Waals surface area contributed by atoms with E-state index in [2.05, 4.69) is 45.5 Å². The predicted molar refractivity (Wildman–Crippen MR) is 92.9 cm³/mol. The molecule has 24 heavy (non-hydrogen) atoms. The van der Waals surface area contributed by atoms with E-state index in [-0.39, 0.29) is 0 Å². The average Bonchev–Trinajstić information content (AvgIpc) is 3.14. The minimum atomic E-state index is -0.400. The van der Waals surface area contributed by atoms with Crippen LogP contribution >= 0.6 is 0 Å². The number of imidazole rings is 1. The molecule has 1 saturated heterocycles. The Morgan fingerprint density at radius 2 is 2.00 bits per heavy atom. The highest BCUT2D eigenvalue weighted by Gasteiger charge is 2.29. The molecular formula is C18H23N5O. The fourth-order valence-electron chi connectivity index (χ4n) is 3.40. The summed E-state index contributed by atoms with van der Waals surface area (Å²) in [6, 6.07) is 6.65. The number of β-amino-alcohol motifs (C(OH)–C–C–N with tert-alkyl or cyclic N) is 1. The smallest absolute Gasteiger partial charge is 0.0959 e. The number of aliphatic hydroxyl groups is 1. The molecule has 1 atom stereocenters. The number of aromatic nitrogens is 4. The Kier molecular flexibility index (Phi) is 3.86. The van der Waals surface area contributed by atoms with Crippen LogP contribution in [0.4, 0.5) is 0 Å². The zero-order valence-electron chi connectivity index (χ0n) is 14.1. The monoisotopic (exact) mass is 325 g/mol. The molecule has 3 aromatic rings. The van der Waals surface area contributed by atoms with Crippen molar-refractivity contribution in [2.75, 3.05) is 19.6 Å². The van der Waals surface area contributed by atoms with E-state index in [9.17, 15) is 5.11 Å². The minimum Gasteiger partial charge on any atom is -0.390 e. The Bertz CT molecular complexity index is 833. The van der Waals surface area contributed by atoms with Gasteiger partial charge >= 0.3 is 0 Å². The summed E-state index contributed by atoms with van der Waals surface area (Å²) < 4.78 is 4.05. The first-order valence-corrected chi connectivity index (χ1v) is 8.42. The number of fused-ring (bicyclic) bond motifs is 1. The quantitative estimate of drug-likeness (QED) is 0.777. The third-order valence-corrected chi connectivity index (χ3v) is 4.95. The molecule has 0 unspecified atom stereocenters. The molecule has 6 nitrogen and oxygen atoms in total. The Balaban J connectivity index is 1.37. The molecule has 2 aromatic heterocycles. The molecule has 3 heterocycles. The maximum atomic E-state index is 10.4. The van der Waals surface area contributed by atoms with Gasteiger partial charge in [-0.25, -0.2) is 4.98 Å². The second kappa shape index (κ2) is 6.03. The highest BCUT2D eigenvalue weighted by Crippen LogP contribution is 2.21. The van der Waals surface area contributed by atoms with Crippen molar-refractivity contribution in [2.24, 2.45) is 0 Å². The highest BCUT2D eigenvalue weighted by molar-refractivity contribution is 5.77. The number of benzene rings is 1. The fourth-order valence-corrected chi connectivity index (χ4v) is 3.40. The summed E-state index contributed by atoms with van der Waals surface area (Å²) in [6.07, 6.45) is 5.24. The number of likely N-dealkylation sites (tertiary alicyclic amines) is 1. The van der Waals surface area contributed by atoms with Crippen LogP contribution in [0.15, 0.2) is 36.9 Å². The van der Waals surface area contributed by atoms with Crippen LogP contribution in [0.3, 0.4) is 0 Å². The summed E-state index contributed by atoms with van der Waals surface area (Å²) in [5, 5.41) is 14.7. The fraction of sp³-hybridized carbons (Fsp3) is 0.444. The molecule has 4 rings (SSSR count). The van der Waals surface area contributed by atoms with E-state index in [0.717, 1.165) is 24.1 Å². The molecule has 0 aliphatic carbocycles. The molecule has 126 valence electrons. The van der Waals surface area contributed by atoms with Crippen molar-refractivity contribution in [1.29, 1.82) is 0 Å². The van der Waals surface area contributed by atoms with Crippen molar-refractivity contribution in [2.45, 2.75) is 32.5 Å². The van der Waals surface area contributed by atoms with Gasteiger partial charge in [-0.2, -0.15) is 5.10 Å². The third kappa shape index (κ3) is 2.83. The Morgan fingerprint density at radius 3 is 2.75 bits per heavy atom. The number of aryl methyl sites for hydroxylation is 2. The summed E-state index contributed by atoms with van der Waals surface area (Å²) in [7, 11) is 0. The summed E-state index contributed by atoms with van der Waals surface area (Å²) in [4.78, 5) is 6.73. The molecular weight excluding hydrogens is 302 g/mol. The maximum absolute atomic E-state index is 10.4. The largest absolute Gasteiger partial charge is 0.390 e. The molecule has 1 aromatic carbocycles. The molecule has 1 aliphatic heterocycles. The molecule has 1 fully saturated rings. The Morgan fingerprint density at radius 1 is 1.21 bits per heavy atom. The number of aliphatic hydroxyl groups excluding tert-OH is 1. The second-order valence-corrected chi connectivity index (χ2v) is 6.83. The van der Waals surface area contributed by atoms with Crippen LogP contribution in [0, 0.1) is 13.8 Å². The maximum Gasteiger partial charge on any atom is 0.0959 e. The molecule has 1 aliphatic rings. The van der Waals surface area contributed by atoms with Gasteiger partial charge in [-0.3, -0.25) is 9.58 Å². The normalized spacial score (nSPS) is 17.3. The zero-order chi connectivity index (χ0) is 16.7. The van der Waals surface area contributed by atoms with Crippen LogP contribution in [-0.2, 0) is 6.54 Å². The lowest BCUT2D eigenvalue weighted by Crippen LogP contribution is -2.51. The summed E-state index contributed by atoms with van der Waals surface area (Å²) in [5.41, 5.74) is 4.59. The number of nitrogens with zero attached hydrogens (tertiary/aromatic N) is 5. The van der Waals surface area contributed by atoms with Crippen molar-refractivity contribution in [3.63, 3.8) is 0 Å². The van der Waals surface area contributed by atoms with Crippen molar-refractivity contribution >= 4 is 11.0 Å². The van der Waals surface area contributed by atoms with Crippen LogP contribution in [0.5, 0.6) is 0 Å². The molecule has 1 N–H and O–H groups in total. The second-order valence-electron chi connectivity index (χ2n) is 6.83. The van der Waals surface area contributed by atoms with Crippen molar-refractivity contribution in [3.8, 4) is 0 Å². The van der Waals surface area contributed by atoms with Gasteiger partial charge in [0.2, 0.25) is 0 Å². The number of hydrogen-bond acceptors (Lipinski definition) is 4. The van der Waals surface area contributed by atoms with Crippen LogP contribution in [0.25, 0.3) is 11.0 Å². The van der Waals surface area contributed by atoms with Crippen molar-refractivity contribution in [1.82, 2.24) is 24.2 Å². The molecule has 0 spiro atoms. The summed E-state index contributed by atoms with van der Waals surface area (Å²) >= 11 is 0. The van der Waals surface area contributed by atoms with E-state index in [4.69, 9.17) is 0 Å². The molecule has 0 radical (unpaired) electrons. The standard InChI is InChI=1S/C18H23N5O/c1-13-6-17-18(7-14(13)2)22(12-19-17)11-16(24)10-21-8-15(9-21)23-5-3-4-20-23/h3-7,12,15-16,24H,8-11H2,1-2H3/t16-/m1/s1. The van der Waals surface area contributed by atoms with Crippen molar-refractivity contribution in [3.05, 3.63) is 48.0 Å². The summed E-state index contributed by atoms with van der Waals surface area (Å²) in [6.45, 7) is 7.36. The van der Waals surface area contributed by atoms with Crippen molar-refractivity contribution < 1.29 is 5.11 Å². The van der Waals surface area contributed by atoms with E-state index in [1.54, 1.807) is 0 Å². The molecule has 0 saturated carbocycles. The molecule has 6 heteroatoms. The van der Waals surface area contributed by atoms with Gasteiger partial charge in [0.05, 0.1) is 36.1 Å². The Hall–Kier alpha value is -2.18. The van der Waals surface area contributed by atoms with Gasteiger partial charge in [0.15, 0.2) is 0 Å². The van der Waals surface area contributed by atoms with Gasteiger partial charge in [0, 0.05) is 32.0 Å². The lowest BCUT2D eigenvalue weighted by molar-refractivity contribution is 0.0344. The van der Waals surface area contributed by atoms with Crippen LogP contribution in [0.1, 0.15) is 17.2 Å². The first kappa shape index (κ1) is 15.4. The highest BCUT2D eigenvalue weighted by atomic mass is 16.3. The zero-order valence-corrected chi connectivity index (χ0v) is 14.1. The SMILES string of the molecule is Cc1cc2ncn(C[C@H](O)CN3CC(n4cccn4)C3)c2cc1C. The van der Waals surface area contributed by atoms with Crippen LogP contribution in [-0.4, -0.2) is 55.1 Å². The van der Waals surface area contributed by atoms with Gasteiger partial charge in [-0.1, -0.05) is 0 Å². The van der Waals surface area contributed by atoms with Gasteiger partial charge < -0.3 is 9.67 Å². The number of rotatable bonds is 5. The van der Waals surface area contributed by atoms with Crippen LogP contribution in [0.2, 0.25) is 0 Å². The lowest BCUT2D eigenvalue weighted by Gasteiger charge is -2.40. The van der Waals surface area contributed by atoms with Crippen LogP contribution < -0.4 is 0 Å².